The van der Waals surface area contributed by atoms with Crippen molar-refractivity contribution in [3.8, 4) is 0 Å². The van der Waals surface area contributed by atoms with Gasteiger partial charge < -0.3 is 14.5 Å². The summed E-state index contributed by atoms with van der Waals surface area (Å²) < 4.78 is 6.11. The Bertz CT molecular complexity index is 501. The molecule has 0 aromatic carbocycles. The Morgan fingerprint density at radius 1 is 1.67 bits per heavy atom. The van der Waals surface area contributed by atoms with Crippen molar-refractivity contribution in [2.75, 3.05) is 25.0 Å². The lowest BCUT2D eigenvalue weighted by atomic mass is 9.91. The van der Waals surface area contributed by atoms with E-state index in [1.165, 1.54) is 0 Å². The highest BCUT2D eigenvalue weighted by Gasteiger charge is 2.52. The van der Waals surface area contributed by atoms with Crippen LogP contribution in [-0.2, 0) is 9.53 Å². The van der Waals surface area contributed by atoms with Crippen LogP contribution in [0.5, 0.6) is 0 Å². The Hall–Kier alpha value is -1.21. The van der Waals surface area contributed by atoms with E-state index in [0.717, 1.165) is 37.5 Å². The molecule has 0 saturated carbocycles. The van der Waals surface area contributed by atoms with Crippen molar-refractivity contribution in [1.29, 1.82) is 0 Å². The average molecular weight is 310 g/mol. The zero-order chi connectivity index (χ0) is 15.0. The van der Waals surface area contributed by atoms with Gasteiger partial charge in [0.2, 0.25) is 5.13 Å². The van der Waals surface area contributed by atoms with Crippen LogP contribution in [0.3, 0.4) is 0 Å². The molecule has 2 saturated heterocycles. The zero-order valence-corrected chi connectivity index (χ0v) is 13.6. The molecule has 2 fully saturated rings. The number of aromatic nitrogens is 2. The molecular weight excluding hydrogens is 288 g/mol. The minimum atomic E-state index is -0.277. The number of anilines is 1. The fourth-order valence-electron chi connectivity index (χ4n) is 3.03. The maximum absolute atomic E-state index is 12.5. The van der Waals surface area contributed by atoms with E-state index in [9.17, 15) is 4.79 Å². The van der Waals surface area contributed by atoms with Crippen LogP contribution in [0.2, 0.25) is 0 Å². The summed E-state index contributed by atoms with van der Waals surface area (Å²) in [5.41, 5.74) is 1.59. The highest BCUT2D eigenvalue weighted by molar-refractivity contribution is 7.13. The highest BCUT2D eigenvalue weighted by atomic mass is 32.1. The van der Waals surface area contributed by atoms with Gasteiger partial charge in [-0.25, -0.2) is 0 Å². The molecule has 2 unspecified atom stereocenters. The number of carbonyl (C=O) groups is 1. The molecule has 1 amide bonds. The number of carbonyl (C=O) groups excluding carboxylic acids is 1. The fourth-order valence-corrected chi connectivity index (χ4v) is 3.59. The van der Waals surface area contributed by atoms with Gasteiger partial charge in [0.05, 0.1) is 13.1 Å². The van der Waals surface area contributed by atoms with Gasteiger partial charge >= 0.3 is 0 Å². The van der Waals surface area contributed by atoms with Gasteiger partial charge in [0.25, 0.3) is 5.91 Å². The van der Waals surface area contributed by atoms with Crippen molar-refractivity contribution in [2.45, 2.75) is 50.9 Å². The SMILES string of the molecule is CCC(C)N(C)C(=O)C1CCC2(CN(c3nncs3)C2)O1. The fraction of sp³-hybridized carbons (Fsp3) is 0.786. The number of hydrogen-bond acceptors (Lipinski definition) is 6. The molecule has 6 nitrogen and oxygen atoms in total. The summed E-state index contributed by atoms with van der Waals surface area (Å²) in [4.78, 5) is 16.4. The lowest BCUT2D eigenvalue weighted by Crippen LogP contribution is -2.62. The zero-order valence-electron chi connectivity index (χ0n) is 12.8. The molecule has 0 N–H and O–H groups in total. The number of hydrogen-bond donors (Lipinski definition) is 0. The van der Waals surface area contributed by atoms with Crippen molar-refractivity contribution in [1.82, 2.24) is 15.1 Å². The number of ether oxygens (including phenoxy) is 1. The molecule has 3 heterocycles. The lowest BCUT2D eigenvalue weighted by Gasteiger charge is -2.47. The topological polar surface area (TPSA) is 58.6 Å². The van der Waals surface area contributed by atoms with Crippen LogP contribution in [0.25, 0.3) is 0 Å². The van der Waals surface area contributed by atoms with Crippen LogP contribution in [-0.4, -0.2) is 58.9 Å². The molecule has 0 bridgehead atoms. The second kappa shape index (κ2) is 5.53. The molecule has 2 aliphatic rings. The van der Waals surface area contributed by atoms with Gasteiger partial charge in [-0.2, -0.15) is 0 Å². The molecule has 1 spiro atoms. The normalized spacial score (nSPS) is 24.9. The molecule has 116 valence electrons. The Kier molecular flexibility index (Phi) is 3.88. The Morgan fingerprint density at radius 3 is 3.05 bits per heavy atom. The van der Waals surface area contributed by atoms with Crippen LogP contribution in [0.15, 0.2) is 5.51 Å². The quantitative estimate of drug-likeness (QED) is 0.844. The van der Waals surface area contributed by atoms with Crippen LogP contribution in [0, 0.1) is 0 Å². The summed E-state index contributed by atoms with van der Waals surface area (Å²) in [6, 6.07) is 0.261. The first-order valence-electron chi connectivity index (χ1n) is 7.50. The van der Waals surface area contributed by atoms with E-state index in [1.807, 2.05) is 11.9 Å². The van der Waals surface area contributed by atoms with Crippen molar-refractivity contribution in [3.63, 3.8) is 0 Å². The second-order valence-corrected chi connectivity index (χ2v) is 6.92. The first-order chi connectivity index (χ1) is 10.0. The standard InChI is InChI=1S/C14H22N4O2S/c1-4-10(2)17(3)12(19)11-5-6-14(20-11)7-18(8-14)13-16-15-9-21-13/h9-11H,4-8H2,1-3H3. The average Bonchev–Trinajstić information content (AvgIpc) is 3.11. The summed E-state index contributed by atoms with van der Waals surface area (Å²) in [5.74, 6) is 0.121. The van der Waals surface area contributed by atoms with Gasteiger partial charge in [-0.3, -0.25) is 4.79 Å². The molecule has 0 radical (unpaired) electrons. The van der Waals surface area contributed by atoms with Crippen LogP contribution >= 0.6 is 11.3 Å². The van der Waals surface area contributed by atoms with Crippen molar-refractivity contribution >= 4 is 22.4 Å². The third kappa shape index (κ3) is 2.64. The molecule has 2 aliphatic heterocycles. The number of nitrogens with zero attached hydrogens (tertiary/aromatic N) is 4. The van der Waals surface area contributed by atoms with Gasteiger partial charge in [0.15, 0.2) is 0 Å². The van der Waals surface area contributed by atoms with E-state index in [2.05, 4.69) is 28.9 Å². The highest BCUT2D eigenvalue weighted by Crippen LogP contribution is 2.41. The van der Waals surface area contributed by atoms with E-state index in [4.69, 9.17) is 4.74 Å². The minimum absolute atomic E-state index is 0.121. The molecular formula is C14H22N4O2S. The maximum atomic E-state index is 12.5. The first kappa shape index (κ1) is 14.7. The maximum Gasteiger partial charge on any atom is 0.251 e. The predicted molar refractivity (Wildman–Crippen MR) is 81.5 cm³/mol. The first-order valence-corrected chi connectivity index (χ1v) is 8.38. The van der Waals surface area contributed by atoms with Gasteiger partial charge in [0.1, 0.15) is 17.2 Å². The third-order valence-corrected chi connectivity index (χ3v) is 5.46. The van der Waals surface area contributed by atoms with Crippen molar-refractivity contribution in [3.05, 3.63) is 5.51 Å². The van der Waals surface area contributed by atoms with E-state index < -0.39 is 0 Å². The van der Waals surface area contributed by atoms with Crippen LogP contribution < -0.4 is 4.90 Å². The molecule has 2 atom stereocenters. The van der Waals surface area contributed by atoms with Gasteiger partial charge in [0, 0.05) is 13.1 Å². The Morgan fingerprint density at radius 2 is 2.43 bits per heavy atom. The third-order valence-electron chi connectivity index (χ3n) is 4.71. The summed E-state index contributed by atoms with van der Waals surface area (Å²) in [5, 5.41) is 8.87. The molecule has 0 aliphatic carbocycles. The van der Waals surface area contributed by atoms with Crippen molar-refractivity contribution in [2.24, 2.45) is 0 Å². The molecule has 1 aromatic heterocycles. The van der Waals surface area contributed by atoms with Crippen molar-refractivity contribution < 1.29 is 9.53 Å². The smallest absolute Gasteiger partial charge is 0.251 e. The van der Waals surface area contributed by atoms with E-state index in [0.29, 0.717) is 0 Å². The lowest BCUT2D eigenvalue weighted by molar-refractivity contribution is -0.150. The Labute approximate surface area is 129 Å². The van der Waals surface area contributed by atoms with E-state index >= 15 is 0 Å². The Balaban J connectivity index is 1.56. The second-order valence-electron chi connectivity index (χ2n) is 6.11. The summed E-state index contributed by atoms with van der Waals surface area (Å²) in [6.07, 6.45) is 2.46. The van der Waals surface area contributed by atoms with Gasteiger partial charge in [-0.1, -0.05) is 18.3 Å². The molecule has 1 aromatic rings. The minimum Gasteiger partial charge on any atom is -0.358 e. The predicted octanol–water partition coefficient (Wildman–Crippen LogP) is 1.53. The largest absolute Gasteiger partial charge is 0.358 e. The summed E-state index contributed by atoms with van der Waals surface area (Å²) >= 11 is 1.54. The van der Waals surface area contributed by atoms with Gasteiger partial charge in [-0.05, 0) is 26.2 Å². The van der Waals surface area contributed by atoms with Crippen LogP contribution in [0.4, 0.5) is 5.13 Å². The number of rotatable bonds is 4. The molecule has 21 heavy (non-hydrogen) atoms. The molecule has 3 rings (SSSR count). The molecule has 7 heteroatoms. The number of amides is 1. The number of likely N-dealkylation sites (N-methyl/N-ethyl adjacent to an activating group) is 1. The van der Waals surface area contributed by atoms with Gasteiger partial charge in [-0.15, -0.1) is 10.2 Å². The van der Waals surface area contributed by atoms with Crippen LogP contribution in [0.1, 0.15) is 33.1 Å². The monoisotopic (exact) mass is 310 g/mol. The summed E-state index contributed by atoms with van der Waals surface area (Å²) in [6.45, 7) is 5.80. The van der Waals surface area contributed by atoms with E-state index in [1.54, 1.807) is 16.8 Å². The van der Waals surface area contributed by atoms with E-state index in [-0.39, 0.29) is 23.7 Å². The summed E-state index contributed by atoms with van der Waals surface area (Å²) in [7, 11) is 1.87.